The van der Waals surface area contributed by atoms with Crippen LogP contribution < -0.4 is 10.1 Å². The van der Waals surface area contributed by atoms with E-state index in [1.165, 1.54) is 14.0 Å². The number of benzene rings is 1. The third kappa shape index (κ3) is 9.71. The van der Waals surface area contributed by atoms with Crippen LogP contribution in [0.1, 0.15) is 45.6 Å². The SMILES string of the molecule is COc1ccc(C[C@H](NC(=O)[C@H](C)CC(=O)CN2CCOCC2)C(=O)C[C@@H](CC(C)(F)F)C(=O)[C@@]2(C)CO2)cc1. The number of halogens is 2. The average Bonchev–Trinajstić information content (AvgIpc) is 3.65. The molecule has 3 rings (SSSR count). The highest BCUT2D eigenvalue weighted by molar-refractivity contribution is 5.97. The third-order valence-electron chi connectivity index (χ3n) is 7.31. The van der Waals surface area contributed by atoms with Gasteiger partial charge in [-0.05, 0) is 38.0 Å². The zero-order chi connectivity index (χ0) is 29.5. The monoisotopic (exact) mass is 566 g/mol. The Morgan fingerprint density at radius 1 is 1.12 bits per heavy atom. The summed E-state index contributed by atoms with van der Waals surface area (Å²) in [5, 5.41) is 2.73. The Morgan fingerprint density at radius 3 is 2.30 bits per heavy atom. The lowest BCUT2D eigenvalue weighted by Gasteiger charge is -2.26. The number of rotatable bonds is 16. The summed E-state index contributed by atoms with van der Waals surface area (Å²) in [6.45, 7) is 6.56. The molecule has 9 nitrogen and oxygen atoms in total. The molecule has 2 fully saturated rings. The molecule has 0 unspecified atom stereocenters. The van der Waals surface area contributed by atoms with Gasteiger partial charge in [0.2, 0.25) is 11.8 Å². The highest BCUT2D eigenvalue weighted by atomic mass is 19.3. The molecule has 0 saturated carbocycles. The number of methoxy groups -OCH3 is 1. The largest absolute Gasteiger partial charge is 0.497 e. The number of alkyl halides is 2. The van der Waals surface area contributed by atoms with Crippen molar-refractivity contribution in [2.45, 2.75) is 64.0 Å². The van der Waals surface area contributed by atoms with Gasteiger partial charge in [-0.15, -0.1) is 0 Å². The maximum absolute atomic E-state index is 14.0. The van der Waals surface area contributed by atoms with E-state index in [0.717, 1.165) is 0 Å². The number of nitrogens with zero attached hydrogens (tertiary/aromatic N) is 1. The van der Waals surface area contributed by atoms with Crippen molar-refractivity contribution in [2.24, 2.45) is 11.8 Å². The molecule has 2 heterocycles. The number of epoxide rings is 1. The van der Waals surface area contributed by atoms with Crippen molar-refractivity contribution in [3.05, 3.63) is 29.8 Å². The average molecular weight is 567 g/mol. The number of ketones is 3. The smallest absolute Gasteiger partial charge is 0.246 e. The van der Waals surface area contributed by atoms with Crippen molar-refractivity contribution in [3.8, 4) is 5.75 Å². The van der Waals surface area contributed by atoms with Crippen LogP contribution in [0.5, 0.6) is 5.75 Å². The molecule has 2 saturated heterocycles. The van der Waals surface area contributed by atoms with E-state index in [9.17, 15) is 28.0 Å². The van der Waals surface area contributed by atoms with Crippen LogP contribution in [0.3, 0.4) is 0 Å². The Balaban J connectivity index is 1.71. The summed E-state index contributed by atoms with van der Waals surface area (Å²) in [5.41, 5.74) is -0.461. The van der Waals surface area contributed by atoms with E-state index in [1.807, 2.05) is 4.90 Å². The molecule has 0 spiro atoms. The van der Waals surface area contributed by atoms with Gasteiger partial charge in [0.25, 0.3) is 0 Å². The number of hydrogen-bond acceptors (Lipinski definition) is 8. The third-order valence-corrected chi connectivity index (χ3v) is 7.31. The number of morpholine rings is 1. The molecule has 1 amide bonds. The van der Waals surface area contributed by atoms with Gasteiger partial charge in [0, 0.05) is 44.2 Å². The minimum Gasteiger partial charge on any atom is -0.497 e. The number of hydrogen-bond donors (Lipinski definition) is 1. The molecule has 1 N–H and O–H groups in total. The van der Waals surface area contributed by atoms with Crippen molar-refractivity contribution in [2.75, 3.05) is 46.6 Å². The van der Waals surface area contributed by atoms with Crippen molar-refractivity contribution < 1.29 is 42.2 Å². The number of ether oxygens (including phenoxy) is 3. The Morgan fingerprint density at radius 2 is 1.75 bits per heavy atom. The van der Waals surface area contributed by atoms with Crippen LogP contribution in [-0.2, 0) is 35.1 Å². The zero-order valence-electron chi connectivity index (χ0n) is 23.7. The predicted octanol–water partition coefficient (Wildman–Crippen LogP) is 2.63. The normalized spacial score (nSPS) is 21.6. The highest BCUT2D eigenvalue weighted by Gasteiger charge is 2.51. The zero-order valence-corrected chi connectivity index (χ0v) is 23.7. The van der Waals surface area contributed by atoms with E-state index in [4.69, 9.17) is 14.2 Å². The van der Waals surface area contributed by atoms with Crippen molar-refractivity contribution in [1.82, 2.24) is 10.2 Å². The Hall–Kier alpha value is -2.76. The fraction of sp³-hybridized carbons (Fsp3) is 0.655. The number of amides is 1. The van der Waals surface area contributed by atoms with Gasteiger partial charge in [0.05, 0.1) is 39.5 Å². The van der Waals surface area contributed by atoms with E-state index in [2.05, 4.69) is 5.32 Å². The van der Waals surface area contributed by atoms with Crippen molar-refractivity contribution >= 4 is 23.3 Å². The first kappa shape index (κ1) is 31.8. The fourth-order valence-corrected chi connectivity index (χ4v) is 4.82. The molecule has 0 aromatic heterocycles. The van der Waals surface area contributed by atoms with Gasteiger partial charge in [-0.25, -0.2) is 8.78 Å². The summed E-state index contributed by atoms with van der Waals surface area (Å²) < 4.78 is 43.6. The first-order chi connectivity index (χ1) is 18.8. The number of Topliss-reactive ketones (excluding diaryl/α,β-unsaturated/α-hetero) is 3. The summed E-state index contributed by atoms with van der Waals surface area (Å²) in [4.78, 5) is 54.1. The lowest BCUT2D eigenvalue weighted by Crippen LogP contribution is -2.47. The van der Waals surface area contributed by atoms with Crippen LogP contribution in [-0.4, -0.2) is 92.3 Å². The number of carbonyl (C=O) groups is 4. The molecule has 1 aromatic carbocycles. The first-order valence-electron chi connectivity index (χ1n) is 13.6. The minimum absolute atomic E-state index is 0.00843. The van der Waals surface area contributed by atoms with Crippen LogP contribution >= 0.6 is 0 Å². The van der Waals surface area contributed by atoms with Gasteiger partial charge < -0.3 is 19.5 Å². The predicted molar refractivity (Wildman–Crippen MR) is 142 cm³/mol. The maximum Gasteiger partial charge on any atom is 0.246 e. The standard InChI is InChI=1S/C29H40F2N2O7/c1-19(13-22(34)17-33-9-11-39-12-10-33)27(37)32-24(14-20-5-7-23(38-4)8-6-20)25(35)15-21(16-29(3,30)31)26(36)28(2)18-40-28/h5-8,19,21,24H,9-18H2,1-4H3,(H,32,37)/t19-,21+,24+,28-/m1/s1. The summed E-state index contributed by atoms with van der Waals surface area (Å²) in [5.74, 6) is -6.22. The molecular formula is C29H40F2N2O7. The van der Waals surface area contributed by atoms with Crippen molar-refractivity contribution in [3.63, 3.8) is 0 Å². The fourth-order valence-electron chi connectivity index (χ4n) is 4.82. The van der Waals surface area contributed by atoms with E-state index in [-0.39, 0.29) is 31.8 Å². The molecule has 2 aliphatic rings. The van der Waals surface area contributed by atoms with E-state index in [0.29, 0.717) is 44.5 Å². The van der Waals surface area contributed by atoms with Gasteiger partial charge in [-0.2, -0.15) is 0 Å². The minimum atomic E-state index is -3.17. The molecule has 40 heavy (non-hydrogen) atoms. The van der Waals surface area contributed by atoms with Gasteiger partial charge in [0.15, 0.2) is 11.6 Å². The Bertz CT molecular complexity index is 1050. The van der Waals surface area contributed by atoms with Crippen LogP contribution in [0.2, 0.25) is 0 Å². The van der Waals surface area contributed by atoms with E-state index >= 15 is 0 Å². The molecule has 2 aliphatic heterocycles. The summed E-state index contributed by atoms with van der Waals surface area (Å²) >= 11 is 0. The topological polar surface area (TPSA) is 115 Å². The Labute approximate surface area is 233 Å². The molecular weight excluding hydrogens is 526 g/mol. The van der Waals surface area contributed by atoms with Crippen LogP contribution in [0.4, 0.5) is 8.78 Å². The molecule has 4 atom stereocenters. The van der Waals surface area contributed by atoms with Crippen LogP contribution in [0.25, 0.3) is 0 Å². The van der Waals surface area contributed by atoms with E-state index < -0.39 is 59.7 Å². The van der Waals surface area contributed by atoms with Gasteiger partial charge in [0.1, 0.15) is 17.1 Å². The quantitative estimate of drug-likeness (QED) is 0.304. The molecule has 11 heteroatoms. The molecule has 222 valence electrons. The summed E-state index contributed by atoms with van der Waals surface area (Å²) in [7, 11) is 1.52. The van der Waals surface area contributed by atoms with E-state index in [1.54, 1.807) is 31.2 Å². The molecule has 0 radical (unpaired) electrons. The lowest BCUT2D eigenvalue weighted by molar-refractivity contribution is -0.136. The maximum atomic E-state index is 14.0. The van der Waals surface area contributed by atoms with Crippen molar-refractivity contribution in [1.29, 1.82) is 0 Å². The molecule has 1 aromatic rings. The van der Waals surface area contributed by atoms with Gasteiger partial charge >= 0.3 is 0 Å². The second kappa shape index (κ2) is 13.7. The Kier molecular flexibility index (Phi) is 10.9. The molecule has 0 bridgehead atoms. The van der Waals surface area contributed by atoms with Crippen LogP contribution in [0.15, 0.2) is 24.3 Å². The number of nitrogens with one attached hydrogen (secondary N) is 1. The highest BCUT2D eigenvalue weighted by Crippen LogP contribution is 2.36. The second-order valence-electron chi connectivity index (χ2n) is 11.2. The molecule has 0 aliphatic carbocycles. The van der Waals surface area contributed by atoms with Gasteiger partial charge in [-0.1, -0.05) is 19.1 Å². The summed E-state index contributed by atoms with van der Waals surface area (Å²) in [6, 6.07) is 5.82. The first-order valence-corrected chi connectivity index (χ1v) is 13.6. The number of carbonyl (C=O) groups excluding carboxylic acids is 4. The lowest BCUT2D eigenvalue weighted by atomic mass is 9.84. The van der Waals surface area contributed by atoms with Gasteiger partial charge in [-0.3, -0.25) is 24.1 Å². The second-order valence-corrected chi connectivity index (χ2v) is 11.2. The van der Waals surface area contributed by atoms with Crippen LogP contribution in [0, 0.1) is 11.8 Å². The summed E-state index contributed by atoms with van der Waals surface area (Å²) in [6.07, 6.45) is -1.19.